The summed E-state index contributed by atoms with van der Waals surface area (Å²) in [7, 11) is 3.23. The molecule has 0 aliphatic rings. The maximum absolute atomic E-state index is 11.1. The number of thiazole rings is 1. The molecule has 0 unspecified atom stereocenters. The van der Waals surface area contributed by atoms with Crippen LogP contribution >= 0.6 is 34.4 Å². The van der Waals surface area contributed by atoms with Gasteiger partial charge in [-0.05, 0) is 6.92 Å². The molecule has 0 aromatic carbocycles. The first kappa shape index (κ1) is 15.2. The van der Waals surface area contributed by atoms with Crippen molar-refractivity contribution in [2.24, 2.45) is 7.05 Å². The largest absolute Gasteiger partial charge is 0.468 e. The first-order chi connectivity index (χ1) is 10.6. The fourth-order valence-corrected chi connectivity index (χ4v) is 4.31. The van der Waals surface area contributed by atoms with Crippen LogP contribution in [0.1, 0.15) is 5.69 Å². The van der Waals surface area contributed by atoms with Gasteiger partial charge in [0.1, 0.15) is 0 Å². The molecule has 3 aromatic heterocycles. The Morgan fingerprint density at radius 2 is 2.18 bits per heavy atom. The Labute approximate surface area is 137 Å². The highest BCUT2D eigenvalue weighted by Gasteiger charge is 2.14. The number of thioether (sulfide) groups is 1. The number of hydrogen-bond donors (Lipinski definition) is 1. The number of nitrogens with one attached hydrogen (secondary N) is 1. The first-order valence-electron chi connectivity index (χ1n) is 6.17. The second kappa shape index (κ2) is 6.18. The zero-order valence-electron chi connectivity index (χ0n) is 12.0. The zero-order valence-corrected chi connectivity index (χ0v) is 14.4. The van der Waals surface area contributed by atoms with Gasteiger partial charge in [-0.15, -0.1) is 10.2 Å². The third-order valence-electron chi connectivity index (χ3n) is 2.71. The van der Waals surface area contributed by atoms with Crippen LogP contribution < -0.4 is 5.32 Å². The minimum absolute atomic E-state index is 0.219. The molecule has 116 valence electrons. The molecule has 0 fully saturated rings. The molecule has 0 amide bonds. The quantitative estimate of drug-likeness (QED) is 0.549. The second-order valence-electron chi connectivity index (χ2n) is 4.24. The van der Waals surface area contributed by atoms with E-state index in [-0.39, 0.29) is 11.7 Å². The smallest absolute Gasteiger partial charge is 0.316 e. The van der Waals surface area contributed by atoms with E-state index in [1.54, 1.807) is 4.68 Å². The third-order valence-corrected chi connectivity index (χ3v) is 5.72. The van der Waals surface area contributed by atoms with Crippen molar-refractivity contribution in [3.05, 3.63) is 5.69 Å². The highest BCUT2D eigenvalue weighted by molar-refractivity contribution is 8.01. The lowest BCUT2D eigenvalue weighted by Crippen LogP contribution is -2.02. The molecule has 0 spiro atoms. The van der Waals surface area contributed by atoms with Gasteiger partial charge < -0.3 is 10.1 Å². The number of fused-ring (bicyclic) bond motifs is 1. The Hall–Kier alpha value is -1.72. The van der Waals surface area contributed by atoms with Gasteiger partial charge in [0.25, 0.3) is 0 Å². The molecule has 3 aromatic rings. The number of ether oxygens (including phenoxy) is 1. The summed E-state index contributed by atoms with van der Waals surface area (Å²) >= 11 is 4.19. The van der Waals surface area contributed by atoms with E-state index >= 15 is 0 Å². The van der Waals surface area contributed by atoms with E-state index in [4.69, 9.17) is 0 Å². The number of carbonyl (C=O) groups is 1. The Morgan fingerprint density at radius 1 is 1.36 bits per heavy atom. The number of aryl methyl sites for hydroxylation is 2. The van der Waals surface area contributed by atoms with Crippen molar-refractivity contribution in [1.82, 2.24) is 25.0 Å². The van der Waals surface area contributed by atoms with Crippen LogP contribution in [0.25, 0.3) is 10.3 Å². The molecule has 3 rings (SSSR count). The Kier molecular flexibility index (Phi) is 4.27. The molecule has 0 atom stereocenters. The summed E-state index contributed by atoms with van der Waals surface area (Å²) in [5.41, 5.74) is 1.80. The van der Waals surface area contributed by atoms with Crippen molar-refractivity contribution in [1.29, 1.82) is 0 Å². The summed E-state index contributed by atoms with van der Waals surface area (Å²) in [4.78, 5) is 15.6. The minimum atomic E-state index is -0.288. The number of carbonyl (C=O) groups excluding carboxylic acids is 1. The Bertz CT molecular complexity index is 789. The maximum Gasteiger partial charge on any atom is 0.316 e. The monoisotopic (exact) mass is 356 g/mol. The van der Waals surface area contributed by atoms with E-state index < -0.39 is 0 Å². The van der Waals surface area contributed by atoms with E-state index in [1.165, 1.54) is 41.5 Å². The molecule has 0 saturated heterocycles. The zero-order chi connectivity index (χ0) is 15.7. The van der Waals surface area contributed by atoms with Crippen LogP contribution in [0.3, 0.4) is 0 Å². The van der Waals surface area contributed by atoms with Gasteiger partial charge in [0.15, 0.2) is 15.1 Å². The topological polar surface area (TPSA) is 94.8 Å². The van der Waals surface area contributed by atoms with Gasteiger partial charge in [-0.25, -0.2) is 9.67 Å². The molecule has 8 nitrogen and oxygen atoms in total. The van der Waals surface area contributed by atoms with E-state index in [9.17, 15) is 4.79 Å². The number of nitrogens with zero attached hydrogens (tertiary/aromatic N) is 5. The van der Waals surface area contributed by atoms with Crippen LogP contribution in [0.4, 0.5) is 10.3 Å². The van der Waals surface area contributed by atoms with Gasteiger partial charge in [-0.3, -0.25) is 4.79 Å². The molecular weight excluding hydrogens is 344 g/mol. The molecule has 22 heavy (non-hydrogen) atoms. The molecule has 3 heterocycles. The standard InChI is InChI=1S/C11H12N6O2S3/c1-5-7-8(17(2)16-5)12-9(21-7)13-10-14-15-11(22-10)20-4-6(18)19-3/h4H2,1-3H3,(H,12,13,14). The summed E-state index contributed by atoms with van der Waals surface area (Å²) in [6.07, 6.45) is 0. The van der Waals surface area contributed by atoms with Gasteiger partial charge in [0.05, 0.1) is 23.3 Å². The number of rotatable bonds is 5. The number of anilines is 2. The highest BCUT2D eigenvalue weighted by Crippen LogP contribution is 2.32. The van der Waals surface area contributed by atoms with E-state index in [2.05, 4.69) is 30.3 Å². The number of methoxy groups -OCH3 is 1. The van der Waals surface area contributed by atoms with Crippen molar-refractivity contribution in [3.63, 3.8) is 0 Å². The number of hydrogen-bond acceptors (Lipinski definition) is 10. The fraction of sp³-hybridized carbons (Fsp3) is 0.364. The van der Waals surface area contributed by atoms with Gasteiger partial charge in [-0.1, -0.05) is 34.4 Å². The molecule has 0 bridgehead atoms. The predicted molar refractivity (Wildman–Crippen MR) is 87.1 cm³/mol. The summed E-state index contributed by atoms with van der Waals surface area (Å²) < 4.78 is 8.09. The van der Waals surface area contributed by atoms with Crippen LogP contribution in [0.15, 0.2) is 4.34 Å². The fourth-order valence-electron chi connectivity index (χ4n) is 1.73. The van der Waals surface area contributed by atoms with Crippen molar-refractivity contribution < 1.29 is 9.53 Å². The van der Waals surface area contributed by atoms with Crippen LogP contribution in [-0.2, 0) is 16.6 Å². The summed E-state index contributed by atoms with van der Waals surface area (Å²) in [5, 5.41) is 16.9. The van der Waals surface area contributed by atoms with Crippen LogP contribution in [0, 0.1) is 6.92 Å². The van der Waals surface area contributed by atoms with Crippen molar-refractivity contribution >= 4 is 61.0 Å². The van der Waals surface area contributed by atoms with Crippen molar-refractivity contribution in [3.8, 4) is 0 Å². The summed E-state index contributed by atoms with van der Waals surface area (Å²) in [5.74, 6) is -0.0687. The first-order valence-corrected chi connectivity index (χ1v) is 8.79. The lowest BCUT2D eigenvalue weighted by atomic mass is 10.5. The number of esters is 1. The van der Waals surface area contributed by atoms with Crippen LogP contribution in [0.2, 0.25) is 0 Å². The Balaban J connectivity index is 1.71. The minimum Gasteiger partial charge on any atom is -0.468 e. The lowest BCUT2D eigenvalue weighted by Gasteiger charge is -1.95. The average Bonchev–Trinajstić information content (AvgIpc) is 3.17. The Morgan fingerprint density at radius 3 is 2.91 bits per heavy atom. The number of aromatic nitrogens is 5. The van der Waals surface area contributed by atoms with Gasteiger partial charge >= 0.3 is 5.97 Å². The second-order valence-corrected chi connectivity index (χ2v) is 7.44. The molecule has 0 aliphatic carbocycles. The van der Waals surface area contributed by atoms with Gasteiger partial charge in [-0.2, -0.15) is 5.10 Å². The van der Waals surface area contributed by atoms with E-state index in [0.717, 1.165) is 21.2 Å². The molecule has 0 aliphatic heterocycles. The summed E-state index contributed by atoms with van der Waals surface area (Å²) in [6.45, 7) is 1.96. The van der Waals surface area contributed by atoms with Gasteiger partial charge in [0.2, 0.25) is 5.13 Å². The normalized spacial score (nSPS) is 11.0. The molecule has 0 radical (unpaired) electrons. The van der Waals surface area contributed by atoms with Gasteiger partial charge in [0, 0.05) is 7.05 Å². The molecular formula is C11H12N6O2S3. The molecule has 1 N–H and O–H groups in total. The van der Waals surface area contributed by atoms with Crippen molar-refractivity contribution in [2.45, 2.75) is 11.3 Å². The SMILES string of the molecule is COC(=O)CSc1nnc(Nc2nc3c(s2)c(C)nn3C)s1. The summed E-state index contributed by atoms with van der Waals surface area (Å²) in [6, 6.07) is 0. The maximum atomic E-state index is 11.1. The van der Waals surface area contributed by atoms with Crippen LogP contribution in [-0.4, -0.2) is 43.8 Å². The highest BCUT2D eigenvalue weighted by atomic mass is 32.2. The third kappa shape index (κ3) is 3.05. The van der Waals surface area contributed by atoms with Crippen LogP contribution in [0.5, 0.6) is 0 Å². The van der Waals surface area contributed by atoms with Crippen molar-refractivity contribution in [2.75, 3.05) is 18.2 Å². The molecule has 11 heteroatoms. The van der Waals surface area contributed by atoms with E-state index in [1.807, 2.05) is 14.0 Å². The lowest BCUT2D eigenvalue weighted by molar-refractivity contribution is -0.137. The molecule has 0 saturated carbocycles. The van der Waals surface area contributed by atoms with E-state index in [0.29, 0.717) is 9.47 Å². The predicted octanol–water partition coefficient (Wildman–Crippen LogP) is 2.20. The average molecular weight is 356 g/mol.